The second-order valence-electron chi connectivity index (χ2n) is 10.1. The number of nitrogens with zero attached hydrogens (tertiary/aromatic N) is 4. The smallest absolute Gasteiger partial charge is 0.219 e. The van der Waals surface area contributed by atoms with Gasteiger partial charge in [0.25, 0.3) is 0 Å². The zero-order chi connectivity index (χ0) is 27.8. The van der Waals surface area contributed by atoms with Gasteiger partial charge in [0.1, 0.15) is 23.8 Å². The average Bonchev–Trinajstić information content (AvgIpc) is 3.25. The number of hydrogen-bond donors (Lipinski definition) is 1. The summed E-state index contributed by atoms with van der Waals surface area (Å²) in [6, 6.07) is 11.5. The molecular formula is C29H37FN4O5. The van der Waals surface area contributed by atoms with Crippen LogP contribution in [0.5, 0.6) is 17.2 Å². The number of benzene rings is 2. The molecule has 0 unspecified atom stereocenters. The molecule has 2 aromatic carbocycles. The number of amides is 1. The zero-order valence-corrected chi connectivity index (χ0v) is 22.8. The third kappa shape index (κ3) is 8.18. The maximum absolute atomic E-state index is 13.3. The van der Waals surface area contributed by atoms with Gasteiger partial charge in [0.2, 0.25) is 5.91 Å². The first-order valence-electron chi connectivity index (χ1n) is 13.1. The van der Waals surface area contributed by atoms with E-state index in [1.54, 1.807) is 12.0 Å². The maximum atomic E-state index is 13.3. The molecule has 1 saturated heterocycles. The van der Waals surface area contributed by atoms with Crippen molar-refractivity contribution in [2.24, 2.45) is 0 Å². The van der Waals surface area contributed by atoms with E-state index in [1.165, 1.54) is 31.2 Å². The molecule has 1 amide bonds. The minimum atomic E-state index is -1.31. The molecule has 2 heterocycles. The number of aliphatic hydroxyl groups is 1. The standard InChI is InChI=1S/C29H37FN4O5/c1-22-16-31-34(17-22)11-4-14-38-28-15-24(5-10-27(28)37-3)18-32-12-13-33(23(2)35)20-29(36,19-32)21-39-26-8-6-25(30)7-9-26/h5-10,15-17,36H,4,11-14,18-21H2,1-3H3/t29-/m1/s1. The second kappa shape index (κ2) is 12.9. The van der Waals surface area contributed by atoms with Crippen LogP contribution in [0.3, 0.4) is 0 Å². The third-order valence-corrected chi connectivity index (χ3v) is 6.64. The van der Waals surface area contributed by atoms with E-state index in [4.69, 9.17) is 14.2 Å². The highest BCUT2D eigenvalue weighted by atomic mass is 19.1. The molecule has 1 aliphatic rings. The van der Waals surface area contributed by atoms with Crippen molar-refractivity contribution in [2.75, 3.05) is 46.5 Å². The molecule has 0 bridgehead atoms. The van der Waals surface area contributed by atoms with Crippen LogP contribution in [0, 0.1) is 12.7 Å². The normalized spacial score (nSPS) is 18.0. The Balaban J connectivity index is 1.41. The van der Waals surface area contributed by atoms with Gasteiger partial charge in [-0.1, -0.05) is 6.07 Å². The van der Waals surface area contributed by atoms with Crippen molar-refractivity contribution >= 4 is 5.91 Å². The summed E-state index contributed by atoms with van der Waals surface area (Å²) >= 11 is 0. The maximum Gasteiger partial charge on any atom is 0.219 e. The molecule has 3 aromatic rings. The van der Waals surface area contributed by atoms with Crippen LogP contribution in [0.1, 0.15) is 24.5 Å². The van der Waals surface area contributed by atoms with Crippen LogP contribution in [-0.2, 0) is 17.9 Å². The Hall–Kier alpha value is -3.63. The number of carbonyl (C=O) groups is 1. The largest absolute Gasteiger partial charge is 0.493 e. The number of halogens is 1. The van der Waals surface area contributed by atoms with Gasteiger partial charge in [0.15, 0.2) is 11.5 Å². The van der Waals surface area contributed by atoms with E-state index in [-0.39, 0.29) is 24.9 Å². The van der Waals surface area contributed by atoms with Crippen molar-refractivity contribution in [3.63, 3.8) is 0 Å². The fourth-order valence-corrected chi connectivity index (χ4v) is 4.67. The highest BCUT2D eigenvalue weighted by Crippen LogP contribution is 2.29. The topological polar surface area (TPSA) is 89.3 Å². The molecule has 1 fully saturated rings. The first-order chi connectivity index (χ1) is 18.7. The van der Waals surface area contributed by atoms with Crippen LogP contribution in [0.4, 0.5) is 4.39 Å². The Labute approximate surface area is 228 Å². The fourth-order valence-electron chi connectivity index (χ4n) is 4.67. The van der Waals surface area contributed by atoms with Crippen LogP contribution in [0.25, 0.3) is 0 Å². The van der Waals surface area contributed by atoms with Gasteiger partial charge in [-0.05, 0) is 54.4 Å². The predicted molar refractivity (Wildman–Crippen MR) is 144 cm³/mol. The quantitative estimate of drug-likeness (QED) is 0.374. The molecule has 1 aromatic heterocycles. The van der Waals surface area contributed by atoms with Crippen molar-refractivity contribution < 1.29 is 28.5 Å². The average molecular weight is 541 g/mol. The lowest BCUT2D eigenvalue weighted by molar-refractivity contribution is -0.132. The lowest BCUT2D eigenvalue weighted by Gasteiger charge is -2.32. The molecule has 1 atom stereocenters. The van der Waals surface area contributed by atoms with Crippen LogP contribution in [0.2, 0.25) is 0 Å². The van der Waals surface area contributed by atoms with Crippen LogP contribution >= 0.6 is 0 Å². The Morgan fingerprint density at radius 3 is 2.59 bits per heavy atom. The van der Waals surface area contributed by atoms with Gasteiger partial charge in [-0.2, -0.15) is 5.10 Å². The van der Waals surface area contributed by atoms with Crippen molar-refractivity contribution in [3.8, 4) is 17.2 Å². The van der Waals surface area contributed by atoms with Gasteiger partial charge in [-0.25, -0.2) is 4.39 Å². The number of β-amino-alcohol motifs (C(OH)–C–C–N with tert-alkyl or cyclic N) is 1. The molecule has 1 N–H and O–H groups in total. The van der Waals surface area contributed by atoms with Crippen molar-refractivity contribution in [2.45, 2.75) is 39.0 Å². The van der Waals surface area contributed by atoms with Gasteiger partial charge in [-0.3, -0.25) is 14.4 Å². The van der Waals surface area contributed by atoms with Gasteiger partial charge < -0.3 is 24.2 Å². The van der Waals surface area contributed by atoms with Gasteiger partial charge >= 0.3 is 0 Å². The van der Waals surface area contributed by atoms with Gasteiger partial charge in [0, 0.05) is 52.3 Å². The van der Waals surface area contributed by atoms with E-state index in [9.17, 15) is 14.3 Å². The highest BCUT2D eigenvalue weighted by molar-refractivity contribution is 5.73. The molecule has 39 heavy (non-hydrogen) atoms. The monoisotopic (exact) mass is 540 g/mol. The number of hydrogen-bond acceptors (Lipinski definition) is 7. The summed E-state index contributed by atoms with van der Waals surface area (Å²) in [6.07, 6.45) is 4.63. The molecule has 0 radical (unpaired) electrons. The number of carbonyl (C=O) groups excluding carboxylic acids is 1. The molecular weight excluding hydrogens is 503 g/mol. The zero-order valence-electron chi connectivity index (χ0n) is 22.8. The van der Waals surface area contributed by atoms with Gasteiger partial charge in [-0.15, -0.1) is 0 Å². The van der Waals surface area contributed by atoms with E-state index < -0.39 is 5.60 Å². The fraction of sp³-hybridized carbons (Fsp3) is 0.448. The molecule has 0 aliphatic carbocycles. The predicted octanol–water partition coefficient (Wildman–Crippen LogP) is 3.28. The number of methoxy groups -OCH3 is 1. The van der Waals surface area contributed by atoms with Crippen molar-refractivity contribution in [3.05, 3.63) is 71.8 Å². The minimum absolute atomic E-state index is 0.0360. The van der Waals surface area contributed by atoms with Crippen molar-refractivity contribution in [1.82, 2.24) is 19.6 Å². The third-order valence-electron chi connectivity index (χ3n) is 6.64. The van der Waals surface area contributed by atoms with Gasteiger partial charge in [0.05, 0.1) is 26.5 Å². The molecule has 210 valence electrons. The number of ether oxygens (including phenoxy) is 3. The lowest BCUT2D eigenvalue weighted by Crippen LogP contribution is -2.51. The SMILES string of the molecule is COc1ccc(CN2CCN(C(C)=O)C[C@@](O)(COc3ccc(F)cc3)C2)cc1OCCCn1cc(C)cn1. The summed E-state index contributed by atoms with van der Waals surface area (Å²) in [5.74, 6) is 1.29. The first-order valence-corrected chi connectivity index (χ1v) is 13.1. The molecule has 9 nitrogen and oxygen atoms in total. The highest BCUT2D eigenvalue weighted by Gasteiger charge is 2.37. The summed E-state index contributed by atoms with van der Waals surface area (Å²) in [6.45, 7) is 6.80. The Morgan fingerprint density at radius 1 is 1.10 bits per heavy atom. The second-order valence-corrected chi connectivity index (χ2v) is 10.1. The number of aromatic nitrogens is 2. The summed E-state index contributed by atoms with van der Waals surface area (Å²) in [7, 11) is 1.61. The van der Waals surface area contributed by atoms with Crippen LogP contribution < -0.4 is 14.2 Å². The van der Waals surface area contributed by atoms with E-state index >= 15 is 0 Å². The molecule has 1 aliphatic heterocycles. The number of aryl methyl sites for hydroxylation is 2. The minimum Gasteiger partial charge on any atom is -0.493 e. The molecule has 0 spiro atoms. The molecule has 0 saturated carbocycles. The lowest BCUT2D eigenvalue weighted by atomic mass is 10.0. The molecule has 10 heteroatoms. The van der Waals surface area contributed by atoms with Crippen LogP contribution in [0.15, 0.2) is 54.9 Å². The van der Waals surface area contributed by atoms with E-state index in [2.05, 4.69) is 10.00 Å². The summed E-state index contributed by atoms with van der Waals surface area (Å²) < 4.78 is 32.5. The van der Waals surface area contributed by atoms with E-state index in [0.29, 0.717) is 50.0 Å². The Bertz CT molecular complexity index is 1230. The summed E-state index contributed by atoms with van der Waals surface area (Å²) in [4.78, 5) is 16.0. The van der Waals surface area contributed by atoms with Crippen molar-refractivity contribution in [1.29, 1.82) is 0 Å². The number of rotatable bonds is 11. The Kier molecular flexibility index (Phi) is 9.42. The first kappa shape index (κ1) is 28.4. The summed E-state index contributed by atoms with van der Waals surface area (Å²) in [5.41, 5.74) is 0.804. The van der Waals surface area contributed by atoms with E-state index in [1.807, 2.05) is 42.2 Å². The molecule has 4 rings (SSSR count). The summed E-state index contributed by atoms with van der Waals surface area (Å²) in [5, 5.41) is 15.8. The van der Waals surface area contributed by atoms with E-state index in [0.717, 1.165) is 24.1 Å². The Morgan fingerprint density at radius 2 is 1.90 bits per heavy atom. The van der Waals surface area contributed by atoms with Crippen LogP contribution in [-0.4, -0.2) is 82.7 Å².